The van der Waals surface area contributed by atoms with E-state index in [1.54, 1.807) is 18.2 Å². The fourth-order valence-corrected chi connectivity index (χ4v) is 12.0. The Bertz CT molecular complexity index is 10500. The summed E-state index contributed by atoms with van der Waals surface area (Å²) < 4.78 is 579. The van der Waals surface area contributed by atoms with Crippen molar-refractivity contribution in [3.63, 3.8) is 0 Å². The second-order valence-corrected chi connectivity index (χ2v) is 23.4. The number of para-hydroxylation sites is 6. The van der Waals surface area contributed by atoms with Crippen LogP contribution in [0.1, 0.15) is 87.7 Å². The van der Waals surface area contributed by atoms with Gasteiger partial charge in [-0.2, -0.15) is 0 Å². The minimum absolute atomic E-state index is 0.158. The molecule has 0 saturated heterocycles. The maximum Gasteiger partial charge on any atom is 0.0645 e. The number of hydrogen-bond acceptors (Lipinski definition) is 2. The van der Waals surface area contributed by atoms with Crippen molar-refractivity contribution in [3.8, 4) is 100 Å². The number of anilines is 6. The van der Waals surface area contributed by atoms with E-state index in [4.69, 9.17) is 56.2 Å². The van der Waals surface area contributed by atoms with Crippen molar-refractivity contribution < 1.29 is 87.7 Å². The smallest absolute Gasteiger partial charge is 0.0645 e. The lowest BCUT2D eigenvalue weighted by molar-refractivity contribution is 1.18. The second kappa shape index (κ2) is 30.4. The molecule has 0 aliphatic carbocycles. The Labute approximate surface area is 743 Å². The van der Waals surface area contributed by atoms with Crippen LogP contribution in [-0.4, -0.2) is 9.13 Å². The van der Waals surface area contributed by atoms with E-state index in [9.17, 15) is 31.5 Å². The van der Waals surface area contributed by atoms with Gasteiger partial charge in [0, 0.05) is 66.8 Å². The van der Waals surface area contributed by atoms with Crippen molar-refractivity contribution >= 4 is 77.7 Å². The highest BCUT2D eigenvalue weighted by Gasteiger charge is 2.22. The lowest BCUT2D eigenvalue weighted by Gasteiger charge is -2.28. The largest absolute Gasteiger partial charge is 0.310 e. The third-order valence-corrected chi connectivity index (χ3v) is 17.0. The Morgan fingerprint density at radius 3 is 0.991 bits per heavy atom. The van der Waals surface area contributed by atoms with Crippen molar-refractivity contribution in [3.05, 3.63) is 460 Å². The fourth-order valence-electron chi connectivity index (χ4n) is 12.0. The molecule has 0 saturated carbocycles. The first-order valence-corrected chi connectivity index (χ1v) is 33.2. The number of rotatable bonds is 16. The van der Waals surface area contributed by atoms with Crippen LogP contribution < -0.4 is 9.80 Å². The van der Waals surface area contributed by atoms with Gasteiger partial charge in [-0.3, -0.25) is 0 Å². The molecular weight excluding hydrogens is 1350 g/mol. The van der Waals surface area contributed by atoms with E-state index in [1.165, 1.54) is 0 Å². The molecule has 528 valence electrons. The van der Waals surface area contributed by atoms with Crippen LogP contribution in [0.15, 0.2) is 460 Å². The predicted octanol–water partition coefficient (Wildman–Crippen LogP) is 29.8. The summed E-state index contributed by atoms with van der Waals surface area (Å²) in [4.78, 5) is 0.655. The molecule has 0 bridgehead atoms. The highest BCUT2D eigenvalue weighted by atomic mass is 15.2. The third kappa shape index (κ3) is 13.4. The summed E-state index contributed by atoms with van der Waals surface area (Å²) in [5.74, 6) is 0. The standard InChI is InChI=1S/2C54H38N2/c2*1-4-14-39(15-5-1)40-24-26-41(27-25-40)42-28-33-47(34-29-42)55(52-22-12-10-20-49(52)44-16-6-2-7-17-44)48-35-30-43(31-36-48)45-32-37-54-51(38-45)50-21-11-13-23-53(50)56(54)46-18-8-3-9-19-46/h2*1-38H/i1D,2D,3D,4D,5D,6D,7D,8D,9D,10D,11D,12D,13D,14D,15D,16D,17D,18D,19D,20D,21D,22D,23D,24D,25D,26D,27D,28D,29D,30D,31D,32D,33D,34D,35D,36D,37D,38D;1D,2D,4D,5D,6D,7D,10D,12D,14D,15D,16D,17D,20D,22D,24D,25D,26D,27D,28D,29D,30D,31D,33D,34D,35D,36D. The van der Waals surface area contributed by atoms with Gasteiger partial charge in [-0.1, -0.05) is 339 Å². The molecule has 18 aromatic carbocycles. The highest BCUT2D eigenvalue weighted by Crippen LogP contribution is 2.46. The average molecular weight is 1490 g/mol. The Morgan fingerprint density at radius 1 is 0.188 bits per heavy atom. The molecule has 0 spiro atoms. The van der Waals surface area contributed by atoms with Crippen LogP contribution in [0, 0.1) is 0 Å². The molecule has 4 nitrogen and oxygen atoms in total. The molecule has 0 unspecified atom stereocenters. The van der Waals surface area contributed by atoms with Crippen LogP contribution in [0.25, 0.3) is 144 Å². The summed E-state index contributed by atoms with van der Waals surface area (Å²) in [7, 11) is 0. The summed E-state index contributed by atoms with van der Waals surface area (Å²) in [5, 5.41) is -0.0134. The number of aromatic nitrogens is 2. The van der Waals surface area contributed by atoms with Gasteiger partial charge in [0.25, 0.3) is 0 Å². The quantitative estimate of drug-likeness (QED) is 0.0959. The Morgan fingerprint density at radius 2 is 0.518 bits per heavy atom. The van der Waals surface area contributed by atoms with Crippen LogP contribution in [0.4, 0.5) is 34.1 Å². The van der Waals surface area contributed by atoms with Crippen LogP contribution in [0.5, 0.6) is 0 Å². The van der Waals surface area contributed by atoms with Gasteiger partial charge in [-0.15, -0.1) is 0 Å². The number of hydrogen-bond donors (Lipinski definition) is 0. The third-order valence-electron chi connectivity index (χ3n) is 17.0. The number of benzene rings is 18. The molecule has 2 aromatic heterocycles. The van der Waals surface area contributed by atoms with E-state index >= 15 is 0 Å². The minimum Gasteiger partial charge on any atom is -0.310 e. The van der Waals surface area contributed by atoms with Crippen LogP contribution in [0.2, 0.25) is 0 Å². The monoisotopic (exact) mass is 1490 g/mol. The summed E-state index contributed by atoms with van der Waals surface area (Å²) in [6.07, 6.45) is 0. The maximum absolute atomic E-state index is 9.82. The van der Waals surface area contributed by atoms with Gasteiger partial charge in [0.1, 0.15) is 0 Å². The lowest BCUT2D eigenvalue weighted by Crippen LogP contribution is -2.11. The van der Waals surface area contributed by atoms with E-state index < -0.39 is 526 Å². The summed E-state index contributed by atoms with van der Waals surface area (Å²) >= 11 is 0. The average Bonchev–Trinajstić information content (AvgIpc) is 1.50. The lowest BCUT2D eigenvalue weighted by atomic mass is 9.99. The van der Waals surface area contributed by atoms with Crippen LogP contribution in [0.3, 0.4) is 0 Å². The molecule has 112 heavy (non-hydrogen) atoms. The molecule has 2 heterocycles. The molecule has 4 heteroatoms. The molecule has 0 N–H and O–H groups in total. The molecule has 0 radical (unpaired) electrons. The predicted molar refractivity (Wildman–Crippen MR) is 474 cm³/mol. The van der Waals surface area contributed by atoms with Gasteiger partial charge >= 0.3 is 0 Å². The highest BCUT2D eigenvalue weighted by molar-refractivity contribution is 6.12. The van der Waals surface area contributed by atoms with Gasteiger partial charge in [-0.25, -0.2) is 0 Å². The first-order chi connectivity index (χ1) is 82.2. The molecule has 0 atom stereocenters. The topological polar surface area (TPSA) is 16.3 Å². The summed E-state index contributed by atoms with van der Waals surface area (Å²) in [6, 6.07) is -47.7. The number of nitrogens with zero attached hydrogens (tertiary/aromatic N) is 4. The van der Waals surface area contributed by atoms with Gasteiger partial charge in [0.2, 0.25) is 0 Å². The van der Waals surface area contributed by atoms with E-state index in [2.05, 4.69) is 0 Å². The minimum atomic E-state index is -1.45. The van der Waals surface area contributed by atoms with E-state index in [1.807, 2.05) is 59.2 Å². The fraction of sp³-hybridized carbons (Fsp3) is 0. The Kier molecular flexibility index (Phi) is 7.60. The maximum atomic E-state index is 9.82. The van der Waals surface area contributed by atoms with Crippen molar-refractivity contribution in [2.24, 2.45) is 0 Å². The Balaban J connectivity index is 0.000000216. The van der Waals surface area contributed by atoms with Crippen molar-refractivity contribution in [2.45, 2.75) is 0 Å². The van der Waals surface area contributed by atoms with E-state index in [-0.39, 0.29) is 16.0 Å². The first-order valence-electron chi connectivity index (χ1n) is 65.2. The molecule has 0 fully saturated rings. The van der Waals surface area contributed by atoms with Gasteiger partial charge in [0.15, 0.2) is 0 Å². The van der Waals surface area contributed by atoms with Gasteiger partial charge in [0.05, 0.1) is 121 Å². The van der Waals surface area contributed by atoms with Crippen molar-refractivity contribution in [2.75, 3.05) is 9.80 Å². The van der Waals surface area contributed by atoms with Crippen LogP contribution >= 0.6 is 0 Å². The normalized spacial score (nSPS) is 19.2. The summed E-state index contributed by atoms with van der Waals surface area (Å²) in [6.45, 7) is 0. The molecular formula is C108H76N4. The number of fused-ring (bicyclic) bond motifs is 6. The van der Waals surface area contributed by atoms with E-state index in [0.29, 0.717) is 20.4 Å². The SMILES string of the molecule is [2H]c1c([2H])c([2H])c(-c2c([2H])c([2H])c(-c3c([2H])c([2H])c(N(c4c([2H])c([2H])c(-c5c([2H])c([2H])c6c(c5[2H])c5c([2H])c([2H])c([2H])c([2H])c5n6-c5c([2H])c([2H])c([2H])c([2H])c5[2H])c([2H])c4[2H])c4c([2H])c([2H])c([2H])c([2H])c4-c4c([2H])c([2H])c([2H])c([2H])c4[2H])c([2H])c3[2H])c([2H])c2[2H])c([2H])c1[2H].[2H]c1c([2H])c([2H])c(-c2c([2H])c([2H])c(-c3c([2H])c([2H])c(N(c4c([2H])c([2H])c(-c5ccc6c(c5)c5ccccc5n6-c5ccccc5)c([2H])c4[2H])c4c([2H])c([2H])c([2H])c([2H])c4-c4c([2H])c([2H])c([2H])c([2H])c4[2H])c([2H])c3[2H])c([2H])c2[2H])c([2H])c1[2H]. The van der Waals surface area contributed by atoms with E-state index in [0.717, 1.165) is 16.6 Å². The zero-order valence-corrected chi connectivity index (χ0v) is 56.7. The molecule has 0 amide bonds. The van der Waals surface area contributed by atoms with Crippen LogP contribution in [-0.2, 0) is 0 Å². The van der Waals surface area contributed by atoms with Gasteiger partial charge < -0.3 is 18.9 Å². The second-order valence-electron chi connectivity index (χ2n) is 23.4. The van der Waals surface area contributed by atoms with Crippen molar-refractivity contribution in [1.82, 2.24) is 9.13 Å². The van der Waals surface area contributed by atoms with Gasteiger partial charge in [-0.05, 0) is 199 Å². The zero-order valence-electron chi connectivity index (χ0n) is 121. The Hall–Kier alpha value is -14.8. The molecule has 20 aromatic rings. The zero-order chi connectivity index (χ0) is 130. The molecule has 0 aliphatic rings. The molecule has 20 rings (SSSR count). The van der Waals surface area contributed by atoms with Crippen molar-refractivity contribution in [1.29, 1.82) is 0 Å². The molecule has 0 aliphatic heterocycles. The first kappa shape index (κ1) is 28.0. The summed E-state index contributed by atoms with van der Waals surface area (Å²) in [5.41, 5.74) is -20.4.